The van der Waals surface area contributed by atoms with Crippen LogP contribution in [0.1, 0.15) is 19.4 Å². The van der Waals surface area contributed by atoms with Crippen molar-refractivity contribution < 1.29 is 14.7 Å². The fraction of sp³-hybridized carbons (Fsp3) is 0.154. The molecule has 0 aliphatic heterocycles. The average Bonchev–Trinajstić information content (AvgIpc) is 2.36. The Morgan fingerprint density at radius 3 is 2.50 bits per heavy atom. The summed E-state index contributed by atoms with van der Waals surface area (Å²) in [5, 5.41) is 20.0. The van der Waals surface area contributed by atoms with Gasteiger partial charge in [-0.1, -0.05) is 6.07 Å². The predicted octanol–water partition coefficient (Wildman–Crippen LogP) is 1.92. The maximum Gasteiger partial charge on any atom is 0.331 e. The Morgan fingerprint density at radius 2 is 1.94 bits per heavy atom. The van der Waals surface area contributed by atoms with Crippen LogP contribution in [0.15, 0.2) is 35.4 Å². The molecule has 0 heterocycles. The van der Waals surface area contributed by atoms with Gasteiger partial charge in [0.25, 0.3) is 5.91 Å². The van der Waals surface area contributed by atoms with Gasteiger partial charge in [-0.05, 0) is 32.0 Å². The van der Waals surface area contributed by atoms with Crippen molar-refractivity contribution in [2.45, 2.75) is 13.8 Å². The van der Waals surface area contributed by atoms with E-state index in [1.807, 2.05) is 6.07 Å². The molecule has 2 N–H and O–H groups in total. The van der Waals surface area contributed by atoms with Crippen LogP contribution >= 0.6 is 0 Å². The van der Waals surface area contributed by atoms with Crippen molar-refractivity contribution in [2.75, 3.05) is 5.32 Å². The molecule has 1 aromatic carbocycles. The number of nitriles is 1. The van der Waals surface area contributed by atoms with Gasteiger partial charge in [0.1, 0.15) is 0 Å². The predicted molar refractivity (Wildman–Crippen MR) is 65.8 cm³/mol. The van der Waals surface area contributed by atoms with E-state index in [1.165, 1.54) is 19.9 Å². The molecule has 1 rings (SSSR count). The second-order valence-corrected chi connectivity index (χ2v) is 3.70. The van der Waals surface area contributed by atoms with Crippen LogP contribution in [0.3, 0.4) is 0 Å². The van der Waals surface area contributed by atoms with E-state index in [9.17, 15) is 9.59 Å². The minimum atomic E-state index is -1.13. The van der Waals surface area contributed by atoms with Crippen LogP contribution in [-0.4, -0.2) is 17.0 Å². The lowest BCUT2D eigenvalue weighted by Crippen LogP contribution is -2.16. The molecule has 0 bridgehead atoms. The Bertz CT molecular complexity index is 568. The van der Waals surface area contributed by atoms with Crippen molar-refractivity contribution in [2.24, 2.45) is 0 Å². The molecule has 1 amide bonds. The lowest BCUT2D eigenvalue weighted by Gasteiger charge is -2.07. The monoisotopic (exact) mass is 244 g/mol. The SMILES string of the molecule is C/C(C(=O)O)=C(\C)C(=O)Nc1cccc(C#N)c1. The highest BCUT2D eigenvalue weighted by Crippen LogP contribution is 2.12. The highest BCUT2D eigenvalue weighted by Gasteiger charge is 2.12. The van der Waals surface area contributed by atoms with Gasteiger partial charge < -0.3 is 10.4 Å². The zero-order valence-corrected chi connectivity index (χ0v) is 10.0. The Hall–Kier alpha value is -2.61. The van der Waals surface area contributed by atoms with Crippen molar-refractivity contribution in [3.63, 3.8) is 0 Å². The van der Waals surface area contributed by atoms with Crippen molar-refractivity contribution in [1.82, 2.24) is 0 Å². The number of hydrogen-bond donors (Lipinski definition) is 2. The third-order valence-corrected chi connectivity index (χ3v) is 2.47. The van der Waals surface area contributed by atoms with E-state index in [0.29, 0.717) is 11.3 Å². The van der Waals surface area contributed by atoms with Gasteiger partial charge in [-0.3, -0.25) is 4.79 Å². The largest absolute Gasteiger partial charge is 0.478 e. The van der Waals surface area contributed by atoms with E-state index >= 15 is 0 Å². The van der Waals surface area contributed by atoms with Crippen LogP contribution in [0.4, 0.5) is 5.69 Å². The average molecular weight is 244 g/mol. The maximum atomic E-state index is 11.7. The van der Waals surface area contributed by atoms with E-state index in [0.717, 1.165) is 0 Å². The van der Waals surface area contributed by atoms with Gasteiger partial charge in [-0.25, -0.2) is 4.79 Å². The molecule has 0 aliphatic carbocycles. The molecular formula is C13H12N2O3. The van der Waals surface area contributed by atoms with Gasteiger partial charge in [0.2, 0.25) is 0 Å². The van der Waals surface area contributed by atoms with Crippen molar-refractivity contribution in [3.05, 3.63) is 41.0 Å². The summed E-state index contributed by atoms with van der Waals surface area (Å²) in [6, 6.07) is 8.34. The first kappa shape index (κ1) is 13.5. The van der Waals surface area contributed by atoms with E-state index in [-0.39, 0.29) is 11.1 Å². The fourth-order valence-corrected chi connectivity index (χ4v) is 1.22. The third-order valence-electron chi connectivity index (χ3n) is 2.47. The van der Waals surface area contributed by atoms with Crippen LogP contribution in [0.25, 0.3) is 0 Å². The number of hydrogen-bond acceptors (Lipinski definition) is 3. The van der Waals surface area contributed by atoms with Crippen LogP contribution in [0.5, 0.6) is 0 Å². The number of amides is 1. The molecule has 92 valence electrons. The number of carbonyl (C=O) groups is 2. The van der Waals surface area contributed by atoms with Gasteiger partial charge in [0.05, 0.1) is 11.6 Å². The molecule has 0 atom stereocenters. The summed E-state index contributed by atoms with van der Waals surface area (Å²) in [5.74, 6) is -1.63. The molecule has 1 aromatic rings. The van der Waals surface area contributed by atoms with E-state index in [4.69, 9.17) is 10.4 Å². The minimum absolute atomic E-state index is 0.0102. The topological polar surface area (TPSA) is 90.2 Å². The number of carbonyl (C=O) groups excluding carboxylic acids is 1. The summed E-state index contributed by atoms with van der Waals surface area (Å²) in [7, 11) is 0. The number of carboxylic acid groups (broad SMARTS) is 1. The smallest absolute Gasteiger partial charge is 0.331 e. The summed E-state index contributed by atoms with van der Waals surface area (Å²) in [4.78, 5) is 22.5. The zero-order chi connectivity index (χ0) is 13.7. The summed E-state index contributed by atoms with van der Waals surface area (Å²) in [6.45, 7) is 2.80. The van der Waals surface area contributed by atoms with Gasteiger partial charge in [0.15, 0.2) is 0 Å². The number of nitrogens with zero attached hydrogens (tertiary/aromatic N) is 1. The molecule has 0 aromatic heterocycles. The molecule has 5 heteroatoms. The van der Waals surface area contributed by atoms with Gasteiger partial charge in [-0.15, -0.1) is 0 Å². The Labute approximate surface area is 104 Å². The molecule has 18 heavy (non-hydrogen) atoms. The lowest BCUT2D eigenvalue weighted by atomic mass is 10.1. The van der Waals surface area contributed by atoms with Crippen molar-refractivity contribution >= 4 is 17.6 Å². The van der Waals surface area contributed by atoms with Crippen LogP contribution in [-0.2, 0) is 9.59 Å². The van der Waals surface area contributed by atoms with Gasteiger partial charge in [0, 0.05) is 16.8 Å². The Morgan fingerprint density at radius 1 is 1.28 bits per heavy atom. The normalized spacial score (nSPS) is 11.2. The Balaban J connectivity index is 2.92. The summed E-state index contributed by atoms with van der Waals surface area (Å²) in [6.07, 6.45) is 0. The first-order valence-corrected chi connectivity index (χ1v) is 5.18. The van der Waals surface area contributed by atoms with Crippen molar-refractivity contribution in [1.29, 1.82) is 5.26 Å². The van der Waals surface area contributed by atoms with E-state index < -0.39 is 11.9 Å². The molecule has 0 saturated carbocycles. The van der Waals surface area contributed by atoms with Gasteiger partial charge in [-0.2, -0.15) is 5.26 Å². The second kappa shape index (κ2) is 5.64. The molecule has 0 radical (unpaired) electrons. The third kappa shape index (κ3) is 3.19. The summed E-state index contributed by atoms with van der Waals surface area (Å²) >= 11 is 0. The molecule has 0 saturated heterocycles. The highest BCUT2D eigenvalue weighted by molar-refractivity contribution is 6.08. The van der Waals surface area contributed by atoms with Crippen molar-refractivity contribution in [3.8, 4) is 6.07 Å². The molecule has 0 fully saturated rings. The first-order valence-electron chi connectivity index (χ1n) is 5.18. The fourth-order valence-electron chi connectivity index (χ4n) is 1.22. The molecule has 0 aliphatic rings. The first-order chi connectivity index (χ1) is 8.45. The number of anilines is 1. The van der Waals surface area contributed by atoms with Gasteiger partial charge >= 0.3 is 5.97 Å². The number of nitrogens with one attached hydrogen (secondary N) is 1. The minimum Gasteiger partial charge on any atom is -0.478 e. The molecular weight excluding hydrogens is 232 g/mol. The quantitative estimate of drug-likeness (QED) is 0.795. The lowest BCUT2D eigenvalue weighted by molar-refractivity contribution is -0.133. The van der Waals surface area contributed by atoms with Crippen LogP contribution in [0.2, 0.25) is 0 Å². The van der Waals surface area contributed by atoms with Crippen LogP contribution in [0, 0.1) is 11.3 Å². The summed E-state index contributed by atoms with van der Waals surface area (Å²) in [5.41, 5.74) is 0.995. The summed E-state index contributed by atoms with van der Waals surface area (Å²) < 4.78 is 0. The number of benzene rings is 1. The standard InChI is InChI=1S/C13H12N2O3/c1-8(9(2)13(17)18)12(16)15-11-5-3-4-10(6-11)7-14/h3-6H,1-2H3,(H,15,16)(H,17,18)/b9-8-. The molecule has 5 nitrogen and oxygen atoms in total. The maximum absolute atomic E-state index is 11.7. The van der Waals surface area contributed by atoms with E-state index in [2.05, 4.69) is 5.32 Å². The van der Waals surface area contributed by atoms with Crippen LogP contribution < -0.4 is 5.32 Å². The second-order valence-electron chi connectivity index (χ2n) is 3.70. The number of aliphatic carboxylic acids is 1. The number of carboxylic acids is 1. The zero-order valence-electron chi connectivity index (χ0n) is 10.0. The highest BCUT2D eigenvalue weighted by atomic mass is 16.4. The Kier molecular flexibility index (Phi) is 4.22. The number of rotatable bonds is 3. The van der Waals surface area contributed by atoms with E-state index in [1.54, 1.807) is 18.2 Å². The molecule has 0 spiro atoms. The molecule has 0 unspecified atom stereocenters.